The Morgan fingerprint density at radius 3 is 2.56 bits per heavy atom. The molecular weight excluding hydrogens is 264 g/mol. The molecule has 4 heteroatoms. The van der Waals surface area contributed by atoms with Gasteiger partial charge < -0.3 is 4.43 Å². The number of hydrogen-bond donors (Lipinski definition) is 0. The predicted molar refractivity (Wildman–Crippen MR) is 77.5 cm³/mol. The minimum absolute atomic E-state index is 0.0699. The lowest BCUT2D eigenvalue weighted by Crippen LogP contribution is -2.74. The molecule has 2 aliphatic rings. The van der Waals surface area contributed by atoms with Gasteiger partial charge in [0.2, 0.25) is 0 Å². The van der Waals surface area contributed by atoms with Gasteiger partial charge in [-0.25, -0.2) is 0 Å². The summed E-state index contributed by atoms with van der Waals surface area (Å²) in [5.74, 6) is 0.740. The Bertz CT molecular complexity index is 363. The fraction of sp³-hybridized carbons (Fsp3) is 0.929. The predicted octanol–water partition coefficient (Wildman–Crippen LogP) is 3.98. The number of rotatable bonds is 4. The van der Waals surface area contributed by atoms with Gasteiger partial charge in [0, 0.05) is 5.92 Å². The highest BCUT2D eigenvalue weighted by Crippen LogP contribution is 2.62. The normalized spacial score (nSPS) is 39.9. The number of fused-ring (bicyclic) bond motifs is 1. The summed E-state index contributed by atoms with van der Waals surface area (Å²) < 4.78 is 6.46. The van der Waals surface area contributed by atoms with Crippen molar-refractivity contribution in [3.8, 4) is 0 Å². The molecule has 2 nitrogen and oxygen atoms in total. The van der Waals surface area contributed by atoms with Crippen LogP contribution in [0.15, 0.2) is 0 Å². The molecule has 0 N–H and O–H groups in total. The van der Waals surface area contributed by atoms with Gasteiger partial charge in [0.1, 0.15) is 4.87 Å². The van der Waals surface area contributed by atoms with E-state index in [1.807, 2.05) is 0 Å². The van der Waals surface area contributed by atoms with Crippen LogP contribution in [0.25, 0.3) is 0 Å². The van der Waals surface area contributed by atoms with Gasteiger partial charge in [-0.05, 0) is 51.2 Å². The maximum atomic E-state index is 12.4. The molecule has 0 aromatic heterocycles. The van der Waals surface area contributed by atoms with E-state index in [1.54, 1.807) is 0 Å². The third kappa shape index (κ3) is 1.99. The first-order chi connectivity index (χ1) is 8.12. The molecule has 2 aliphatic carbocycles. The van der Waals surface area contributed by atoms with Crippen LogP contribution in [0.4, 0.5) is 0 Å². The van der Waals surface area contributed by atoms with E-state index >= 15 is 0 Å². The summed E-state index contributed by atoms with van der Waals surface area (Å²) in [6.07, 6.45) is 3.75. The lowest BCUT2D eigenvalue weighted by molar-refractivity contribution is -0.162. The van der Waals surface area contributed by atoms with Crippen molar-refractivity contribution in [3.63, 3.8) is 0 Å². The van der Waals surface area contributed by atoms with Crippen LogP contribution in [0.1, 0.15) is 39.5 Å². The molecule has 0 saturated heterocycles. The van der Waals surface area contributed by atoms with Crippen LogP contribution in [0, 0.1) is 11.8 Å². The number of halogens is 1. The first kappa shape index (κ1) is 14.5. The van der Waals surface area contributed by atoms with Crippen LogP contribution >= 0.6 is 11.6 Å². The summed E-state index contributed by atoms with van der Waals surface area (Å²) in [6.45, 7) is 10.8. The second-order valence-electron chi connectivity index (χ2n) is 7.31. The minimum Gasteiger partial charge on any atom is -0.409 e. The smallest absolute Gasteiger partial charge is 0.184 e. The third-order valence-corrected chi connectivity index (χ3v) is 5.80. The van der Waals surface area contributed by atoms with E-state index in [0.29, 0.717) is 5.92 Å². The minimum atomic E-state index is -1.69. The van der Waals surface area contributed by atoms with Gasteiger partial charge >= 0.3 is 0 Å². The van der Waals surface area contributed by atoms with E-state index in [4.69, 9.17) is 16.0 Å². The van der Waals surface area contributed by atoms with Crippen molar-refractivity contribution in [2.45, 2.75) is 69.6 Å². The van der Waals surface area contributed by atoms with Gasteiger partial charge in [-0.3, -0.25) is 4.79 Å². The molecule has 0 amide bonds. The summed E-state index contributed by atoms with van der Waals surface area (Å²) in [7, 11) is -1.69. The van der Waals surface area contributed by atoms with Gasteiger partial charge in [-0.1, -0.05) is 13.8 Å². The van der Waals surface area contributed by atoms with Crippen molar-refractivity contribution in [2.75, 3.05) is 0 Å². The molecule has 0 spiro atoms. The Kier molecular flexibility index (Phi) is 3.49. The number of hydrogen-bond acceptors (Lipinski definition) is 2. The number of Topliss-reactive ketones (excluding diaryl/α,β-unsaturated/α-hetero) is 1. The fourth-order valence-electron chi connectivity index (χ4n) is 3.79. The van der Waals surface area contributed by atoms with Crippen LogP contribution in [-0.2, 0) is 9.22 Å². The molecule has 2 saturated carbocycles. The first-order valence-electron chi connectivity index (χ1n) is 7.06. The highest BCUT2D eigenvalue weighted by atomic mass is 35.5. The number of carbonyl (C=O) groups is 1. The SMILES string of the molecule is CC(C)CC1(Cl)C(=O)C2CCC[C@@]21O[Si](C)(C)C. The lowest BCUT2D eigenvalue weighted by Gasteiger charge is -2.59. The Labute approximate surface area is 117 Å². The number of ketones is 1. The average molecular weight is 289 g/mol. The monoisotopic (exact) mass is 288 g/mol. The summed E-state index contributed by atoms with van der Waals surface area (Å²) in [5.41, 5.74) is -0.347. The van der Waals surface area contributed by atoms with Crippen LogP contribution < -0.4 is 0 Å². The van der Waals surface area contributed by atoms with Crippen molar-refractivity contribution in [3.05, 3.63) is 0 Å². The van der Waals surface area contributed by atoms with Gasteiger partial charge in [-0.15, -0.1) is 11.6 Å². The van der Waals surface area contributed by atoms with Gasteiger partial charge in [0.05, 0.1) is 5.60 Å². The van der Waals surface area contributed by atoms with E-state index in [0.717, 1.165) is 25.7 Å². The van der Waals surface area contributed by atoms with Crippen LogP contribution in [0.2, 0.25) is 19.6 Å². The topological polar surface area (TPSA) is 26.3 Å². The van der Waals surface area contributed by atoms with Crippen molar-refractivity contribution in [2.24, 2.45) is 11.8 Å². The third-order valence-electron chi connectivity index (χ3n) is 4.16. The van der Waals surface area contributed by atoms with Crippen LogP contribution in [-0.4, -0.2) is 24.6 Å². The molecule has 0 bridgehead atoms. The van der Waals surface area contributed by atoms with Gasteiger partial charge in [0.15, 0.2) is 14.1 Å². The quantitative estimate of drug-likeness (QED) is 0.578. The fourth-order valence-corrected chi connectivity index (χ4v) is 6.07. The summed E-state index contributed by atoms with van der Waals surface area (Å²) in [6, 6.07) is 0. The van der Waals surface area contributed by atoms with E-state index in [1.165, 1.54) is 0 Å². The molecule has 2 fully saturated rings. The van der Waals surface area contributed by atoms with E-state index in [-0.39, 0.29) is 17.3 Å². The average Bonchev–Trinajstić information content (AvgIpc) is 2.55. The molecule has 18 heavy (non-hydrogen) atoms. The lowest BCUT2D eigenvalue weighted by atomic mass is 9.58. The Hall–Kier alpha value is 0.137. The van der Waals surface area contributed by atoms with E-state index in [2.05, 4.69) is 33.5 Å². The molecule has 0 radical (unpaired) electrons. The van der Waals surface area contributed by atoms with Crippen LogP contribution in [0.3, 0.4) is 0 Å². The second kappa shape index (κ2) is 4.32. The van der Waals surface area contributed by atoms with Gasteiger partial charge in [-0.2, -0.15) is 0 Å². The van der Waals surface area contributed by atoms with Crippen molar-refractivity contribution in [1.82, 2.24) is 0 Å². The van der Waals surface area contributed by atoms with Crippen molar-refractivity contribution < 1.29 is 9.22 Å². The van der Waals surface area contributed by atoms with Crippen molar-refractivity contribution >= 4 is 25.7 Å². The second-order valence-corrected chi connectivity index (χ2v) is 12.4. The molecule has 0 aliphatic heterocycles. The maximum absolute atomic E-state index is 12.4. The number of alkyl halides is 1. The summed E-state index contributed by atoms with van der Waals surface area (Å²) >= 11 is 6.76. The first-order valence-corrected chi connectivity index (χ1v) is 10.8. The zero-order valence-electron chi connectivity index (χ0n) is 12.2. The van der Waals surface area contributed by atoms with Crippen LogP contribution in [0.5, 0.6) is 0 Å². The Morgan fingerprint density at radius 2 is 2.06 bits per heavy atom. The van der Waals surface area contributed by atoms with E-state index < -0.39 is 13.2 Å². The highest BCUT2D eigenvalue weighted by Gasteiger charge is 2.74. The highest BCUT2D eigenvalue weighted by molar-refractivity contribution is 6.70. The molecule has 104 valence electrons. The molecule has 3 atom stereocenters. The molecule has 0 aromatic rings. The zero-order valence-corrected chi connectivity index (χ0v) is 13.9. The molecule has 2 unspecified atom stereocenters. The summed E-state index contributed by atoms with van der Waals surface area (Å²) in [4.78, 5) is 11.6. The van der Waals surface area contributed by atoms with Gasteiger partial charge in [0.25, 0.3) is 0 Å². The zero-order chi connectivity index (χ0) is 13.8. The molecule has 0 heterocycles. The summed E-state index contributed by atoms with van der Waals surface area (Å²) in [5, 5.41) is 0. The maximum Gasteiger partial charge on any atom is 0.184 e. The Morgan fingerprint density at radius 1 is 1.44 bits per heavy atom. The Balaban J connectivity index is 2.31. The molecular formula is C14H25ClO2Si. The standard InChI is InChI=1S/C14H25ClO2Si/c1-10(2)9-13(15)12(16)11-7-6-8-14(11,13)17-18(3,4)5/h10-11H,6-9H2,1-5H3/t11?,13?,14-/m1/s1. The number of carbonyl (C=O) groups excluding carboxylic acids is 1. The van der Waals surface area contributed by atoms with Crippen molar-refractivity contribution in [1.29, 1.82) is 0 Å². The molecule has 2 rings (SSSR count). The largest absolute Gasteiger partial charge is 0.409 e. The molecule has 0 aromatic carbocycles. The van der Waals surface area contributed by atoms with E-state index in [9.17, 15) is 4.79 Å².